The smallest absolute Gasteiger partial charge is 0.0107 e. The van der Waals surface area contributed by atoms with Crippen LogP contribution in [0.3, 0.4) is 0 Å². The molecule has 1 rings (SSSR count). The Morgan fingerprint density at radius 1 is 1.17 bits per heavy atom. The summed E-state index contributed by atoms with van der Waals surface area (Å²) in [7, 11) is 2.24. The normalized spacial score (nSPS) is 38.5. The van der Waals surface area contributed by atoms with Crippen LogP contribution in [0, 0.1) is 0 Å². The SMILES string of the molecule is CCC1CC(N)CC(CC)N1C. The molecule has 1 fully saturated rings. The fourth-order valence-electron chi connectivity index (χ4n) is 2.34. The number of likely N-dealkylation sites (tertiary alicyclic amines) is 1. The first-order chi connectivity index (χ1) is 5.69. The molecule has 12 heavy (non-hydrogen) atoms. The Bertz CT molecular complexity index is 122. The van der Waals surface area contributed by atoms with Crippen LogP contribution < -0.4 is 5.73 Å². The van der Waals surface area contributed by atoms with Crippen LogP contribution in [0.25, 0.3) is 0 Å². The summed E-state index contributed by atoms with van der Waals surface area (Å²) in [6.07, 6.45) is 4.84. The lowest BCUT2D eigenvalue weighted by Gasteiger charge is -2.41. The van der Waals surface area contributed by atoms with E-state index in [4.69, 9.17) is 5.73 Å². The highest BCUT2D eigenvalue weighted by molar-refractivity contribution is 4.87. The van der Waals surface area contributed by atoms with Gasteiger partial charge < -0.3 is 10.6 Å². The molecule has 72 valence electrons. The van der Waals surface area contributed by atoms with E-state index in [0.717, 1.165) is 12.1 Å². The summed E-state index contributed by atoms with van der Waals surface area (Å²) in [5.41, 5.74) is 6.00. The summed E-state index contributed by atoms with van der Waals surface area (Å²) in [6.45, 7) is 4.51. The number of nitrogens with zero attached hydrogens (tertiary/aromatic N) is 1. The van der Waals surface area contributed by atoms with Gasteiger partial charge in [0.15, 0.2) is 0 Å². The highest BCUT2D eigenvalue weighted by Gasteiger charge is 2.29. The molecule has 0 bridgehead atoms. The van der Waals surface area contributed by atoms with Gasteiger partial charge in [0.2, 0.25) is 0 Å². The molecule has 0 aromatic carbocycles. The molecular formula is C10H22N2. The van der Waals surface area contributed by atoms with Crippen molar-refractivity contribution >= 4 is 0 Å². The zero-order valence-electron chi connectivity index (χ0n) is 8.59. The highest BCUT2D eigenvalue weighted by Crippen LogP contribution is 2.24. The Hall–Kier alpha value is -0.0800. The molecule has 2 nitrogen and oxygen atoms in total. The maximum Gasteiger partial charge on any atom is 0.0107 e. The van der Waals surface area contributed by atoms with E-state index >= 15 is 0 Å². The Kier molecular flexibility index (Phi) is 3.53. The quantitative estimate of drug-likeness (QED) is 0.682. The lowest BCUT2D eigenvalue weighted by Crippen LogP contribution is -2.50. The predicted molar refractivity (Wildman–Crippen MR) is 53.1 cm³/mol. The summed E-state index contributed by atoms with van der Waals surface area (Å²) in [5.74, 6) is 0. The molecule has 1 saturated heterocycles. The van der Waals surface area contributed by atoms with Crippen LogP contribution in [-0.4, -0.2) is 30.1 Å². The van der Waals surface area contributed by atoms with E-state index in [-0.39, 0.29) is 0 Å². The Balaban J connectivity index is 2.55. The summed E-state index contributed by atoms with van der Waals surface area (Å²) in [4.78, 5) is 2.52. The zero-order chi connectivity index (χ0) is 9.14. The topological polar surface area (TPSA) is 29.3 Å². The van der Waals surface area contributed by atoms with E-state index in [1.165, 1.54) is 25.7 Å². The molecule has 0 aromatic heterocycles. The van der Waals surface area contributed by atoms with Crippen LogP contribution in [0.5, 0.6) is 0 Å². The van der Waals surface area contributed by atoms with Crippen LogP contribution in [0.2, 0.25) is 0 Å². The van der Waals surface area contributed by atoms with E-state index < -0.39 is 0 Å². The monoisotopic (exact) mass is 170 g/mol. The number of nitrogens with two attached hydrogens (primary N) is 1. The number of hydrogen-bond acceptors (Lipinski definition) is 2. The van der Waals surface area contributed by atoms with E-state index in [0.29, 0.717) is 6.04 Å². The first-order valence-electron chi connectivity index (χ1n) is 5.16. The molecule has 1 heterocycles. The largest absolute Gasteiger partial charge is 0.328 e. The van der Waals surface area contributed by atoms with Gasteiger partial charge in [0.05, 0.1) is 0 Å². The fourth-order valence-corrected chi connectivity index (χ4v) is 2.34. The van der Waals surface area contributed by atoms with Gasteiger partial charge in [0.25, 0.3) is 0 Å². The van der Waals surface area contributed by atoms with Gasteiger partial charge in [-0.3, -0.25) is 0 Å². The molecule has 1 aliphatic heterocycles. The minimum Gasteiger partial charge on any atom is -0.328 e. The minimum absolute atomic E-state index is 0.441. The Morgan fingerprint density at radius 3 is 1.92 bits per heavy atom. The predicted octanol–water partition coefficient (Wildman–Crippen LogP) is 1.60. The molecule has 2 N–H and O–H groups in total. The summed E-state index contributed by atoms with van der Waals surface area (Å²) in [6, 6.07) is 1.88. The minimum atomic E-state index is 0.441. The number of rotatable bonds is 2. The second-order valence-electron chi connectivity index (χ2n) is 4.02. The lowest BCUT2D eigenvalue weighted by atomic mass is 9.90. The van der Waals surface area contributed by atoms with Gasteiger partial charge in [-0.2, -0.15) is 0 Å². The first kappa shape index (κ1) is 10.0. The third-order valence-corrected chi connectivity index (χ3v) is 3.24. The molecule has 2 atom stereocenters. The van der Waals surface area contributed by atoms with Gasteiger partial charge in [-0.25, -0.2) is 0 Å². The lowest BCUT2D eigenvalue weighted by molar-refractivity contribution is 0.0963. The van der Waals surface area contributed by atoms with Crippen LogP contribution in [0.1, 0.15) is 39.5 Å². The average Bonchev–Trinajstić information content (AvgIpc) is 2.08. The Morgan fingerprint density at radius 2 is 1.58 bits per heavy atom. The van der Waals surface area contributed by atoms with Gasteiger partial charge in [0, 0.05) is 18.1 Å². The molecule has 0 radical (unpaired) electrons. The van der Waals surface area contributed by atoms with Crippen LogP contribution in [0.4, 0.5) is 0 Å². The van der Waals surface area contributed by atoms with Crippen molar-refractivity contribution in [2.45, 2.75) is 57.7 Å². The molecule has 0 aromatic rings. The van der Waals surface area contributed by atoms with Gasteiger partial charge in [-0.05, 0) is 32.7 Å². The van der Waals surface area contributed by atoms with Gasteiger partial charge in [-0.1, -0.05) is 13.8 Å². The van der Waals surface area contributed by atoms with Crippen molar-refractivity contribution in [3.8, 4) is 0 Å². The van der Waals surface area contributed by atoms with Crippen molar-refractivity contribution in [2.75, 3.05) is 7.05 Å². The Labute approximate surface area is 76.1 Å². The van der Waals surface area contributed by atoms with Crippen molar-refractivity contribution in [1.29, 1.82) is 0 Å². The van der Waals surface area contributed by atoms with Crippen LogP contribution in [-0.2, 0) is 0 Å². The molecule has 1 aliphatic rings. The molecule has 0 spiro atoms. The molecule has 0 saturated carbocycles. The van der Waals surface area contributed by atoms with Gasteiger partial charge >= 0.3 is 0 Å². The third kappa shape index (κ3) is 1.99. The van der Waals surface area contributed by atoms with Crippen LogP contribution in [0.15, 0.2) is 0 Å². The van der Waals surface area contributed by atoms with Crippen molar-refractivity contribution < 1.29 is 0 Å². The summed E-state index contributed by atoms with van der Waals surface area (Å²) in [5, 5.41) is 0. The highest BCUT2D eigenvalue weighted by atomic mass is 15.2. The van der Waals surface area contributed by atoms with E-state index in [1.807, 2.05) is 0 Å². The standard InChI is InChI=1S/C10H22N2/c1-4-9-6-8(11)7-10(5-2)12(9)3/h8-10H,4-7,11H2,1-3H3. The maximum absolute atomic E-state index is 6.00. The van der Waals surface area contributed by atoms with Crippen LogP contribution >= 0.6 is 0 Å². The van der Waals surface area contributed by atoms with E-state index in [2.05, 4.69) is 25.8 Å². The fraction of sp³-hybridized carbons (Fsp3) is 1.00. The number of piperidine rings is 1. The molecule has 0 aliphatic carbocycles. The number of hydrogen-bond donors (Lipinski definition) is 1. The van der Waals surface area contributed by atoms with Crippen molar-refractivity contribution in [2.24, 2.45) is 5.73 Å². The summed E-state index contributed by atoms with van der Waals surface area (Å²) < 4.78 is 0. The van der Waals surface area contributed by atoms with Crippen molar-refractivity contribution in [1.82, 2.24) is 4.90 Å². The molecule has 0 amide bonds. The summed E-state index contributed by atoms with van der Waals surface area (Å²) >= 11 is 0. The molecular weight excluding hydrogens is 148 g/mol. The second kappa shape index (κ2) is 4.24. The average molecular weight is 170 g/mol. The van der Waals surface area contributed by atoms with Gasteiger partial charge in [0.1, 0.15) is 0 Å². The van der Waals surface area contributed by atoms with E-state index in [1.54, 1.807) is 0 Å². The molecule has 2 heteroatoms. The van der Waals surface area contributed by atoms with Crippen molar-refractivity contribution in [3.63, 3.8) is 0 Å². The van der Waals surface area contributed by atoms with Crippen molar-refractivity contribution in [3.05, 3.63) is 0 Å². The zero-order valence-corrected chi connectivity index (χ0v) is 8.59. The second-order valence-corrected chi connectivity index (χ2v) is 4.02. The maximum atomic E-state index is 6.00. The van der Waals surface area contributed by atoms with Gasteiger partial charge in [-0.15, -0.1) is 0 Å². The first-order valence-corrected chi connectivity index (χ1v) is 5.16. The third-order valence-electron chi connectivity index (χ3n) is 3.24. The molecule has 2 unspecified atom stereocenters. The van der Waals surface area contributed by atoms with E-state index in [9.17, 15) is 0 Å².